The van der Waals surface area contributed by atoms with E-state index < -0.39 is 0 Å². The highest BCUT2D eigenvalue weighted by atomic mass is 15.3. The number of guanidine groups is 2. The summed E-state index contributed by atoms with van der Waals surface area (Å²) in [6.45, 7) is 0. The van der Waals surface area contributed by atoms with Gasteiger partial charge in [0.1, 0.15) is 0 Å². The normalized spacial score (nSPS) is 17.0. The van der Waals surface area contributed by atoms with Crippen molar-refractivity contribution in [3.8, 4) is 0 Å². The Labute approximate surface area is 78.3 Å². The summed E-state index contributed by atoms with van der Waals surface area (Å²) in [7, 11) is 1.62. The van der Waals surface area contributed by atoms with Crippen LogP contribution >= 0.6 is 0 Å². The average molecular weight is 183 g/mol. The van der Waals surface area contributed by atoms with E-state index in [1.807, 2.05) is 0 Å². The standard InChI is InChI=1S/C8H17N5/c1-13(7(9)10)8(11)12-6-4-2-3-5-6/h6H,2-5H2,1H3,(H3,9,10)(H2,11,12). The van der Waals surface area contributed by atoms with Crippen LogP contribution in [-0.2, 0) is 0 Å². The summed E-state index contributed by atoms with van der Waals surface area (Å²) in [5.41, 5.74) is 5.24. The Morgan fingerprint density at radius 3 is 2.38 bits per heavy atom. The number of nitrogens with two attached hydrogens (primary N) is 1. The molecule has 1 aliphatic carbocycles. The van der Waals surface area contributed by atoms with Crippen LogP contribution in [0.15, 0.2) is 0 Å². The van der Waals surface area contributed by atoms with Gasteiger partial charge in [0.05, 0.1) is 0 Å². The predicted molar refractivity (Wildman–Crippen MR) is 52.8 cm³/mol. The van der Waals surface area contributed by atoms with Crippen molar-refractivity contribution in [1.82, 2.24) is 10.2 Å². The highest BCUT2D eigenvalue weighted by Crippen LogP contribution is 2.17. The van der Waals surface area contributed by atoms with Crippen molar-refractivity contribution in [3.63, 3.8) is 0 Å². The first-order valence-electron chi connectivity index (χ1n) is 4.54. The van der Waals surface area contributed by atoms with Gasteiger partial charge in [0.25, 0.3) is 0 Å². The van der Waals surface area contributed by atoms with E-state index in [2.05, 4.69) is 5.32 Å². The number of hydrogen-bond donors (Lipinski definition) is 4. The molecule has 5 N–H and O–H groups in total. The summed E-state index contributed by atoms with van der Waals surface area (Å²) in [5.74, 6) is 0.120. The van der Waals surface area contributed by atoms with Crippen molar-refractivity contribution in [2.24, 2.45) is 5.73 Å². The molecule has 0 aromatic heterocycles. The van der Waals surface area contributed by atoms with E-state index in [4.69, 9.17) is 16.6 Å². The molecule has 13 heavy (non-hydrogen) atoms. The molecule has 1 saturated carbocycles. The van der Waals surface area contributed by atoms with Crippen molar-refractivity contribution < 1.29 is 0 Å². The van der Waals surface area contributed by atoms with Crippen LogP contribution in [0.4, 0.5) is 0 Å². The molecule has 0 aromatic carbocycles. The minimum atomic E-state index is -0.101. The number of hydrogen-bond acceptors (Lipinski definition) is 2. The Bertz CT molecular complexity index is 207. The second-order valence-corrected chi connectivity index (χ2v) is 3.42. The zero-order valence-corrected chi connectivity index (χ0v) is 7.93. The van der Waals surface area contributed by atoms with Gasteiger partial charge in [-0.25, -0.2) is 0 Å². The summed E-state index contributed by atoms with van der Waals surface area (Å²) < 4.78 is 0. The van der Waals surface area contributed by atoms with Crippen LogP contribution in [0.1, 0.15) is 25.7 Å². The van der Waals surface area contributed by atoms with Crippen molar-refractivity contribution in [3.05, 3.63) is 0 Å². The lowest BCUT2D eigenvalue weighted by atomic mass is 10.2. The molecule has 0 unspecified atom stereocenters. The van der Waals surface area contributed by atoms with Crippen LogP contribution in [0.2, 0.25) is 0 Å². The highest BCUT2D eigenvalue weighted by Gasteiger charge is 2.17. The second kappa shape index (κ2) is 4.11. The molecule has 5 heteroatoms. The van der Waals surface area contributed by atoms with E-state index in [1.54, 1.807) is 7.05 Å². The van der Waals surface area contributed by atoms with Gasteiger partial charge in [0.15, 0.2) is 11.9 Å². The van der Waals surface area contributed by atoms with Crippen LogP contribution in [0, 0.1) is 10.8 Å². The van der Waals surface area contributed by atoms with E-state index in [0.29, 0.717) is 6.04 Å². The maximum atomic E-state index is 7.58. The van der Waals surface area contributed by atoms with Gasteiger partial charge in [-0.1, -0.05) is 12.8 Å². The smallest absolute Gasteiger partial charge is 0.197 e. The second-order valence-electron chi connectivity index (χ2n) is 3.42. The lowest BCUT2D eigenvalue weighted by Gasteiger charge is -2.21. The largest absolute Gasteiger partial charge is 0.370 e. The van der Waals surface area contributed by atoms with Gasteiger partial charge in [-0.2, -0.15) is 0 Å². The number of nitrogens with zero attached hydrogens (tertiary/aromatic N) is 1. The lowest BCUT2D eigenvalue weighted by molar-refractivity contribution is 0.575. The van der Waals surface area contributed by atoms with Crippen LogP contribution in [0.25, 0.3) is 0 Å². The van der Waals surface area contributed by atoms with E-state index >= 15 is 0 Å². The SMILES string of the molecule is CN(C(=N)N)C(=N)NC1CCCC1. The molecule has 1 fully saturated rings. The third-order valence-corrected chi connectivity index (χ3v) is 2.39. The van der Waals surface area contributed by atoms with Crippen LogP contribution in [0.5, 0.6) is 0 Å². The molecular weight excluding hydrogens is 166 g/mol. The summed E-state index contributed by atoms with van der Waals surface area (Å²) in [6, 6.07) is 0.397. The van der Waals surface area contributed by atoms with Gasteiger partial charge in [-0.3, -0.25) is 15.7 Å². The van der Waals surface area contributed by atoms with Crippen molar-refractivity contribution in [2.75, 3.05) is 7.05 Å². The zero-order valence-electron chi connectivity index (χ0n) is 7.93. The molecule has 74 valence electrons. The van der Waals surface area contributed by atoms with Gasteiger partial charge in [-0.05, 0) is 12.8 Å². The number of rotatable bonds is 1. The van der Waals surface area contributed by atoms with Gasteiger partial charge >= 0.3 is 0 Å². The first-order chi connectivity index (χ1) is 6.11. The molecule has 0 radical (unpaired) electrons. The zero-order chi connectivity index (χ0) is 9.84. The van der Waals surface area contributed by atoms with E-state index in [1.165, 1.54) is 17.7 Å². The minimum absolute atomic E-state index is 0.101. The maximum absolute atomic E-state index is 7.58. The molecule has 0 aliphatic heterocycles. The predicted octanol–water partition coefficient (Wildman–Crippen LogP) is 0.279. The molecule has 0 amide bonds. The van der Waals surface area contributed by atoms with Crippen molar-refractivity contribution in [1.29, 1.82) is 10.8 Å². The molecule has 0 spiro atoms. The molecule has 0 atom stereocenters. The summed E-state index contributed by atoms with van der Waals surface area (Å²) in [4.78, 5) is 1.33. The van der Waals surface area contributed by atoms with Crippen LogP contribution in [-0.4, -0.2) is 29.9 Å². The monoisotopic (exact) mass is 183 g/mol. The Morgan fingerprint density at radius 2 is 1.92 bits per heavy atom. The van der Waals surface area contributed by atoms with E-state index in [-0.39, 0.29) is 11.9 Å². The minimum Gasteiger partial charge on any atom is -0.370 e. The first kappa shape index (κ1) is 9.83. The average Bonchev–Trinajstić information content (AvgIpc) is 2.55. The van der Waals surface area contributed by atoms with Crippen molar-refractivity contribution in [2.45, 2.75) is 31.7 Å². The van der Waals surface area contributed by atoms with Gasteiger partial charge in [0.2, 0.25) is 0 Å². The molecular formula is C8H17N5. The summed E-state index contributed by atoms with van der Waals surface area (Å²) in [5, 5.41) is 17.8. The van der Waals surface area contributed by atoms with E-state index in [0.717, 1.165) is 12.8 Å². The topological polar surface area (TPSA) is 89.0 Å². The molecule has 0 aromatic rings. The lowest BCUT2D eigenvalue weighted by Crippen LogP contribution is -2.47. The summed E-state index contributed by atoms with van der Waals surface area (Å²) >= 11 is 0. The molecule has 1 aliphatic rings. The fourth-order valence-corrected chi connectivity index (χ4v) is 1.48. The van der Waals surface area contributed by atoms with Crippen LogP contribution in [0.3, 0.4) is 0 Å². The quantitative estimate of drug-likeness (QED) is 0.348. The Hall–Kier alpha value is -1.26. The first-order valence-corrected chi connectivity index (χ1v) is 4.54. The van der Waals surface area contributed by atoms with Crippen molar-refractivity contribution >= 4 is 11.9 Å². The van der Waals surface area contributed by atoms with Gasteiger partial charge < -0.3 is 11.1 Å². The third kappa shape index (κ3) is 2.61. The Kier molecular flexibility index (Phi) is 3.11. The third-order valence-electron chi connectivity index (χ3n) is 2.39. The maximum Gasteiger partial charge on any atom is 0.197 e. The van der Waals surface area contributed by atoms with Gasteiger partial charge in [-0.15, -0.1) is 0 Å². The molecule has 1 rings (SSSR count). The number of nitrogens with one attached hydrogen (secondary N) is 3. The van der Waals surface area contributed by atoms with E-state index in [9.17, 15) is 0 Å². The van der Waals surface area contributed by atoms with Gasteiger partial charge in [0, 0.05) is 13.1 Å². The molecule has 5 nitrogen and oxygen atoms in total. The fourth-order valence-electron chi connectivity index (χ4n) is 1.48. The fraction of sp³-hybridized carbons (Fsp3) is 0.750. The molecule has 0 heterocycles. The summed E-state index contributed by atoms with van der Waals surface area (Å²) in [6.07, 6.45) is 4.70. The molecule has 0 saturated heterocycles. The highest BCUT2D eigenvalue weighted by molar-refractivity contribution is 5.94. The van der Waals surface area contributed by atoms with Crippen LogP contribution < -0.4 is 11.1 Å². The Balaban J connectivity index is 2.35. The Morgan fingerprint density at radius 1 is 1.38 bits per heavy atom. The molecule has 0 bridgehead atoms.